The predicted molar refractivity (Wildman–Crippen MR) is 140 cm³/mol. The van der Waals surface area contributed by atoms with E-state index in [-0.39, 0.29) is 5.97 Å². The summed E-state index contributed by atoms with van der Waals surface area (Å²) in [6, 6.07) is 0. The number of hydrogen-bond donors (Lipinski definition) is 0. The van der Waals surface area contributed by atoms with Crippen LogP contribution in [0.15, 0.2) is 0 Å². The lowest BCUT2D eigenvalue weighted by molar-refractivity contribution is -0.140. The molecular weight excluding hydrogens is 408 g/mol. The molecule has 1 aliphatic carbocycles. The molecule has 2 unspecified atom stereocenters. The Balaban J connectivity index is 1.75. The van der Waals surface area contributed by atoms with Gasteiger partial charge in [-0.15, -0.1) is 0 Å². The third kappa shape index (κ3) is 19.2. The lowest BCUT2D eigenvalue weighted by Crippen LogP contribution is -1.99. The molecule has 0 radical (unpaired) electrons. The average Bonchev–Trinajstić information content (AvgIpc) is 3.57. The first-order chi connectivity index (χ1) is 16.2. The van der Waals surface area contributed by atoms with Crippen molar-refractivity contribution < 1.29 is 14.3 Å². The van der Waals surface area contributed by atoms with Gasteiger partial charge in [-0.05, 0) is 37.5 Å². The molecule has 0 heterocycles. The van der Waals surface area contributed by atoms with Crippen molar-refractivity contribution in [2.75, 3.05) is 7.11 Å². The summed E-state index contributed by atoms with van der Waals surface area (Å²) in [5, 5.41) is 0. The molecular formula is C30H56O3. The molecule has 0 bridgehead atoms. The molecule has 0 aliphatic heterocycles. The van der Waals surface area contributed by atoms with Crippen LogP contribution in [0.4, 0.5) is 0 Å². The predicted octanol–water partition coefficient (Wildman–Crippen LogP) is 9.36. The molecule has 1 fully saturated rings. The molecule has 2 atom stereocenters. The molecule has 33 heavy (non-hydrogen) atoms. The summed E-state index contributed by atoms with van der Waals surface area (Å²) in [6.45, 7) is 2.26. The quantitative estimate of drug-likeness (QED) is 0.0998. The number of rotatable bonds is 25. The molecule has 0 saturated heterocycles. The lowest BCUT2D eigenvalue weighted by atomic mass is 10.0. The highest BCUT2D eigenvalue weighted by atomic mass is 16.5. The first-order valence-electron chi connectivity index (χ1n) is 14.8. The molecule has 0 aromatic rings. The summed E-state index contributed by atoms with van der Waals surface area (Å²) in [6.07, 6.45) is 29.6. The van der Waals surface area contributed by atoms with Crippen molar-refractivity contribution in [2.45, 2.75) is 161 Å². The maximum absolute atomic E-state index is 12.0. The Hall–Kier alpha value is -0.860. The lowest BCUT2D eigenvalue weighted by Gasteiger charge is -2.04. The van der Waals surface area contributed by atoms with Crippen molar-refractivity contribution in [1.29, 1.82) is 0 Å². The maximum Gasteiger partial charge on any atom is 0.305 e. The van der Waals surface area contributed by atoms with Gasteiger partial charge in [0.1, 0.15) is 5.78 Å². The summed E-state index contributed by atoms with van der Waals surface area (Å²) in [7, 11) is 1.47. The Morgan fingerprint density at radius 1 is 0.576 bits per heavy atom. The van der Waals surface area contributed by atoms with Gasteiger partial charge in [-0.3, -0.25) is 9.59 Å². The van der Waals surface area contributed by atoms with Gasteiger partial charge in [0.15, 0.2) is 0 Å². The molecule has 1 rings (SSSR count). The van der Waals surface area contributed by atoms with Crippen LogP contribution < -0.4 is 0 Å². The molecule has 0 amide bonds. The van der Waals surface area contributed by atoms with Crippen LogP contribution in [0.2, 0.25) is 0 Å². The molecule has 0 aromatic heterocycles. The smallest absolute Gasteiger partial charge is 0.305 e. The fourth-order valence-electron chi connectivity index (χ4n) is 5.17. The first-order valence-corrected chi connectivity index (χ1v) is 14.8. The van der Waals surface area contributed by atoms with E-state index < -0.39 is 0 Å². The number of Topliss-reactive ketones (excluding diaryl/α,β-unsaturated/α-hetero) is 1. The topological polar surface area (TPSA) is 43.4 Å². The fourth-order valence-corrected chi connectivity index (χ4v) is 5.17. The second-order valence-electron chi connectivity index (χ2n) is 10.7. The molecule has 194 valence electrons. The Kier molecular flexibility index (Phi) is 19.8. The van der Waals surface area contributed by atoms with E-state index in [4.69, 9.17) is 0 Å². The molecule has 0 N–H and O–H groups in total. The molecule has 1 aliphatic rings. The van der Waals surface area contributed by atoms with Crippen molar-refractivity contribution >= 4 is 11.8 Å². The molecule has 3 nitrogen and oxygen atoms in total. The SMILES string of the molecule is CCCCCCCCCC(=O)CCCCCCCCC1CC1CCCCCCCC(=O)OC. The van der Waals surface area contributed by atoms with E-state index >= 15 is 0 Å². The Labute approximate surface area is 206 Å². The Morgan fingerprint density at radius 2 is 0.970 bits per heavy atom. The minimum absolute atomic E-state index is 0.0694. The van der Waals surface area contributed by atoms with Crippen molar-refractivity contribution in [3.05, 3.63) is 0 Å². The highest BCUT2D eigenvalue weighted by Gasteiger charge is 2.34. The van der Waals surface area contributed by atoms with E-state index in [2.05, 4.69) is 11.7 Å². The molecule has 0 spiro atoms. The summed E-state index contributed by atoms with van der Waals surface area (Å²) in [4.78, 5) is 23.1. The summed E-state index contributed by atoms with van der Waals surface area (Å²) in [5.41, 5.74) is 0. The minimum Gasteiger partial charge on any atom is -0.469 e. The number of ketones is 1. The zero-order chi connectivity index (χ0) is 24.0. The van der Waals surface area contributed by atoms with Gasteiger partial charge in [0.05, 0.1) is 7.11 Å². The first kappa shape index (κ1) is 30.2. The summed E-state index contributed by atoms with van der Waals surface area (Å²) < 4.78 is 4.68. The van der Waals surface area contributed by atoms with Crippen molar-refractivity contribution in [1.82, 2.24) is 0 Å². The van der Waals surface area contributed by atoms with Crippen molar-refractivity contribution in [3.8, 4) is 0 Å². The van der Waals surface area contributed by atoms with Crippen LogP contribution in [0.1, 0.15) is 161 Å². The number of esters is 1. The van der Waals surface area contributed by atoms with Gasteiger partial charge >= 0.3 is 5.97 Å². The number of carbonyl (C=O) groups excluding carboxylic acids is 2. The van der Waals surface area contributed by atoms with Crippen LogP contribution in [0.3, 0.4) is 0 Å². The molecule has 0 aromatic carbocycles. The second-order valence-corrected chi connectivity index (χ2v) is 10.7. The van der Waals surface area contributed by atoms with Gasteiger partial charge in [-0.1, -0.05) is 116 Å². The van der Waals surface area contributed by atoms with Crippen LogP contribution in [-0.2, 0) is 14.3 Å². The summed E-state index contributed by atoms with van der Waals surface area (Å²) >= 11 is 0. The fraction of sp³-hybridized carbons (Fsp3) is 0.933. The van der Waals surface area contributed by atoms with Crippen LogP contribution in [0.5, 0.6) is 0 Å². The Morgan fingerprint density at radius 3 is 1.42 bits per heavy atom. The van der Waals surface area contributed by atoms with Gasteiger partial charge in [-0.2, -0.15) is 0 Å². The average molecular weight is 465 g/mol. The zero-order valence-corrected chi connectivity index (χ0v) is 22.4. The summed E-state index contributed by atoms with van der Waals surface area (Å²) in [5.74, 6) is 2.47. The highest BCUT2D eigenvalue weighted by molar-refractivity contribution is 5.78. The van der Waals surface area contributed by atoms with E-state index in [9.17, 15) is 9.59 Å². The van der Waals surface area contributed by atoms with Gasteiger partial charge < -0.3 is 4.74 Å². The number of ether oxygens (including phenoxy) is 1. The molecule has 1 saturated carbocycles. The largest absolute Gasteiger partial charge is 0.469 e. The third-order valence-corrected chi connectivity index (χ3v) is 7.59. The number of hydrogen-bond acceptors (Lipinski definition) is 3. The van der Waals surface area contributed by atoms with Gasteiger partial charge in [0.2, 0.25) is 0 Å². The van der Waals surface area contributed by atoms with Crippen molar-refractivity contribution in [3.63, 3.8) is 0 Å². The number of methoxy groups -OCH3 is 1. The minimum atomic E-state index is -0.0694. The maximum atomic E-state index is 12.0. The molecule has 3 heteroatoms. The van der Waals surface area contributed by atoms with E-state index in [1.165, 1.54) is 116 Å². The number of carbonyl (C=O) groups is 2. The zero-order valence-electron chi connectivity index (χ0n) is 22.4. The Bertz CT molecular complexity index is 473. The standard InChI is InChI=1S/C30H56O3/c1-3-4-5-6-7-13-18-23-29(31)24-19-14-9-8-11-16-21-27-26-28(27)22-17-12-10-15-20-25-30(32)33-2/h27-28H,3-26H2,1-2H3. The van der Waals surface area contributed by atoms with Crippen LogP contribution in [-0.4, -0.2) is 18.9 Å². The third-order valence-electron chi connectivity index (χ3n) is 7.59. The van der Waals surface area contributed by atoms with E-state index in [1.54, 1.807) is 0 Å². The normalized spacial score (nSPS) is 17.3. The van der Waals surface area contributed by atoms with E-state index in [1.807, 2.05) is 0 Å². The van der Waals surface area contributed by atoms with Gasteiger partial charge in [-0.25, -0.2) is 0 Å². The van der Waals surface area contributed by atoms with E-state index in [0.29, 0.717) is 12.2 Å². The van der Waals surface area contributed by atoms with Crippen molar-refractivity contribution in [2.24, 2.45) is 11.8 Å². The van der Waals surface area contributed by atoms with Gasteiger partial charge in [0, 0.05) is 19.3 Å². The van der Waals surface area contributed by atoms with Gasteiger partial charge in [0.25, 0.3) is 0 Å². The van der Waals surface area contributed by atoms with Crippen LogP contribution in [0.25, 0.3) is 0 Å². The monoisotopic (exact) mass is 464 g/mol. The van der Waals surface area contributed by atoms with Crippen LogP contribution >= 0.6 is 0 Å². The second kappa shape index (κ2) is 21.7. The van der Waals surface area contributed by atoms with E-state index in [0.717, 1.165) is 50.4 Å². The van der Waals surface area contributed by atoms with Crippen LogP contribution in [0, 0.1) is 11.8 Å². The number of unbranched alkanes of at least 4 members (excludes halogenated alkanes) is 15. The highest BCUT2D eigenvalue weighted by Crippen LogP contribution is 2.45.